The minimum absolute atomic E-state index is 0.0487. The third-order valence-electron chi connectivity index (χ3n) is 6.20. The first kappa shape index (κ1) is 24.7. The Morgan fingerprint density at radius 3 is 2.77 bits per heavy atom. The molecule has 0 radical (unpaired) electrons. The minimum Gasteiger partial charge on any atom is -0.448 e. The smallest absolute Gasteiger partial charge is 0.409 e. The Morgan fingerprint density at radius 2 is 2.03 bits per heavy atom. The number of aliphatic hydroxyl groups is 2. The summed E-state index contributed by atoms with van der Waals surface area (Å²) in [4.78, 5) is 35.6. The second-order valence-electron chi connectivity index (χ2n) is 8.70. The third kappa shape index (κ3) is 6.80. The number of piperidine rings is 1. The van der Waals surface area contributed by atoms with Crippen molar-refractivity contribution in [1.82, 2.24) is 25.8 Å². The van der Waals surface area contributed by atoms with E-state index < -0.39 is 18.4 Å². The second kappa shape index (κ2) is 11.8. The van der Waals surface area contributed by atoms with Crippen LogP contribution in [0.25, 0.3) is 10.9 Å². The van der Waals surface area contributed by atoms with Gasteiger partial charge in [0, 0.05) is 43.6 Å². The van der Waals surface area contributed by atoms with Crippen LogP contribution in [-0.2, 0) is 9.53 Å². The van der Waals surface area contributed by atoms with Crippen LogP contribution in [0.15, 0.2) is 41.5 Å². The number of hydrogen-bond acceptors (Lipinski definition) is 9. The fraction of sp³-hybridized carbons (Fsp3) is 0.500. The van der Waals surface area contributed by atoms with Crippen molar-refractivity contribution in [3.63, 3.8) is 0 Å². The molecule has 1 aromatic carbocycles. The molecule has 2 aromatic rings. The van der Waals surface area contributed by atoms with Gasteiger partial charge < -0.3 is 35.8 Å². The molecule has 0 unspecified atom stereocenters. The van der Waals surface area contributed by atoms with Gasteiger partial charge in [-0.3, -0.25) is 14.8 Å². The quantitative estimate of drug-likeness (QED) is 0.269. The standard InChI is InChI=1S/C24H32N6O5/c31-21(32)14-20(18-13-17-3-1-2-4-19(17)28-15-18)29-22(33)16-5-10-30(11-6-16)24(34)35-12-9-27-23-25-7-8-26-23/h1-4,13,15-16,20-21,31-32H,5-12,14H2,(H,29,33)(H2,25,26,27)/t20-/m0/s1. The number of nitrogens with zero attached hydrogens (tertiary/aromatic N) is 3. The Balaban J connectivity index is 1.26. The molecule has 11 nitrogen and oxygen atoms in total. The number of aromatic nitrogens is 1. The Labute approximate surface area is 203 Å². The zero-order chi connectivity index (χ0) is 24.6. The van der Waals surface area contributed by atoms with E-state index in [2.05, 4.69) is 25.9 Å². The van der Waals surface area contributed by atoms with E-state index in [9.17, 15) is 19.8 Å². The van der Waals surface area contributed by atoms with Crippen LogP contribution < -0.4 is 16.0 Å². The number of amides is 2. The van der Waals surface area contributed by atoms with Crippen molar-refractivity contribution in [1.29, 1.82) is 0 Å². The highest BCUT2D eigenvalue weighted by Crippen LogP contribution is 2.24. The van der Waals surface area contributed by atoms with Gasteiger partial charge in [0.25, 0.3) is 0 Å². The molecule has 0 spiro atoms. The van der Waals surface area contributed by atoms with Gasteiger partial charge in [-0.2, -0.15) is 0 Å². The number of aliphatic hydroxyl groups excluding tert-OH is 1. The molecule has 11 heteroatoms. The highest BCUT2D eigenvalue weighted by Gasteiger charge is 2.30. The molecule has 1 saturated heterocycles. The molecule has 5 N–H and O–H groups in total. The van der Waals surface area contributed by atoms with E-state index in [4.69, 9.17) is 4.74 Å². The number of rotatable bonds is 8. The highest BCUT2D eigenvalue weighted by atomic mass is 16.6. The molecule has 3 heterocycles. The van der Waals surface area contributed by atoms with Gasteiger partial charge in [0.1, 0.15) is 6.61 Å². The molecule has 2 aliphatic rings. The molecular formula is C24H32N6O5. The second-order valence-corrected chi connectivity index (χ2v) is 8.70. The summed E-state index contributed by atoms with van der Waals surface area (Å²) in [5, 5.41) is 29.2. The van der Waals surface area contributed by atoms with Crippen molar-refractivity contribution in [2.24, 2.45) is 10.9 Å². The highest BCUT2D eigenvalue weighted by molar-refractivity contribution is 5.82. The average Bonchev–Trinajstić information content (AvgIpc) is 3.39. The first-order valence-corrected chi connectivity index (χ1v) is 11.9. The fourth-order valence-corrected chi connectivity index (χ4v) is 4.30. The molecule has 2 amide bonds. The van der Waals surface area contributed by atoms with Crippen molar-refractivity contribution in [2.75, 3.05) is 39.3 Å². The van der Waals surface area contributed by atoms with Gasteiger partial charge in [-0.05, 0) is 30.5 Å². The minimum atomic E-state index is -1.57. The first-order chi connectivity index (χ1) is 17.0. The van der Waals surface area contributed by atoms with Crippen LogP contribution in [0.4, 0.5) is 4.79 Å². The number of fused-ring (bicyclic) bond motifs is 1. The Kier molecular flexibility index (Phi) is 8.32. The Hall–Kier alpha value is -3.44. The van der Waals surface area contributed by atoms with Crippen molar-refractivity contribution >= 4 is 28.9 Å². The van der Waals surface area contributed by atoms with Gasteiger partial charge in [-0.15, -0.1) is 0 Å². The number of guanidine groups is 1. The normalized spacial score (nSPS) is 17.1. The number of carbonyl (C=O) groups is 2. The van der Waals surface area contributed by atoms with Crippen LogP contribution >= 0.6 is 0 Å². The Bertz CT molecular complexity index is 1050. The molecule has 0 bridgehead atoms. The summed E-state index contributed by atoms with van der Waals surface area (Å²) in [5.41, 5.74) is 1.53. The molecule has 1 fully saturated rings. The summed E-state index contributed by atoms with van der Waals surface area (Å²) in [7, 11) is 0. The molecule has 0 saturated carbocycles. The van der Waals surface area contributed by atoms with Crippen molar-refractivity contribution < 1.29 is 24.5 Å². The van der Waals surface area contributed by atoms with Crippen molar-refractivity contribution in [3.8, 4) is 0 Å². The van der Waals surface area contributed by atoms with E-state index in [-0.39, 0.29) is 24.9 Å². The van der Waals surface area contributed by atoms with Gasteiger partial charge in [0.15, 0.2) is 12.2 Å². The number of carbonyl (C=O) groups excluding carboxylic acids is 2. The molecule has 188 valence electrons. The molecule has 4 rings (SSSR count). The average molecular weight is 485 g/mol. The lowest BCUT2D eigenvalue weighted by atomic mass is 9.94. The van der Waals surface area contributed by atoms with E-state index in [1.807, 2.05) is 30.3 Å². The number of hydrogen-bond donors (Lipinski definition) is 5. The number of benzene rings is 1. The van der Waals surface area contributed by atoms with Crippen LogP contribution in [0.2, 0.25) is 0 Å². The van der Waals surface area contributed by atoms with Gasteiger partial charge in [-0.25, -0.2) is 4.79 Å². The summed E-state index contributed by atoms with van der Waals surface area (Å²) in [5.74, 6) is 0.268. The predicted octanol–water partition coefficient (Wildman–Crippen LogP) is 0.490. The SMILES string of the molecule is O=C(N[C@@H](CC(O)O)c1cnc2ccccc2c1)C1CCN(C(=O)OCCNC2=NCCN2)CC1. The van der Waals surface area contributed by atoms with Crippen LogP contribution in [0, 0.1) is 5.92 Å². The van der Waals surface area contributed by atoms with Crippen LogP contribution in [0.1, 0.15) is 30.9 Å². The summed E-state index contributed by atoms with van der Waals surface area (Å²) < 4.78 is 5.32. The van der Waals surface area contributed by atoms with Crippen molar-refractivity contribution in [3.05, 3.63) is 42.1 Å². The van der Waals surface area contributed by atoms with Crippen LogP contribution in [-0.4, -0.2) is 83.7 Å². The molecule has 2 aliphatic heterocycles. The summed E-state index contributed by atoms with van der Waals surface area (Å²) in [6, 6.07) is 8.93. The number of para-hydroxylation sites is 1. The molecule has 35 heavy (non-hydrogen) atoms. The third-order valence-corrected chi connectivity index (χ3v) is 6.20. The lowest BCUT2D eigenvalue weighted by Gasteiger charge is -2.31. The Morgan fingerprint density at radius 1 is 1.23 bits per heavy atom. The van der Waals surface area contributed by atoms with E-state index >= 15 is 0 Å². The van der Waals surface area contributed by atoms with E-state index in [1.54, 1.807) is 11.1 Å². The zero-order valence-electron chi connectivity index (χ0n) is 19.5. The summed E-state index contributed by atoms with van der Waals surface area (Å²) in [6.07, 6.45) is 0.643. The maximum Gasteiger partial charge on any atom is 0.409 e. The van der Waals surface area contributed by atoms with Crippen LogP contribution in [0.3, 0.4) is 0 Å². The number of pyridine rings is 1. The fourth-order valence-electron chi connectivity index (χ4n) is 4.30. The van der Waals surface area contributed by atoms with Gasteiger partial charge in [-0.1, -0.05) is 18.2 Å². The van der Waals surface area contributed by atoms with Gasteiger partial charge in [0.05, 0.1) is 24.6 Å². The number of aliphatic imine (C=N–C) groups is 1. The van der Waals surface area contributed by atoms with E-state index in [0.717, 1.165) is 30.0 Å². The lowest BCUT2D eigenvalue weighted by molar-refractivity contribution is -0.128. The predicted molar refractivity (Wildman–Crippen MR) is 129 cm³/mol. The van der Waals surface area contributed by atoms with E-state index in [0.29, 0.717) is 38.0 Å². The van der Waals surface area contributed by atoms with E-state index in [1.165, 1.54) is 0 Å². The number of nitrogens with one attached hydrogen (secondary N) is 3. The maximum atomic E-state index is 13.0. The topological polar surface area (TPSA) is 148 Å². The molecule has 1 atom stereocenters. The number of ether oxygens (including phenoxy) is 1. The summed E-state index contributed by atoms with van der Waals surface area (Å²) in [6.45, 7) is 3.09. The number of likely N-dealkylation sites (tertiary alicyclic amines) is 1. The first-order valence-electron chi connectivity index (χ1n) is 11.9. The molecule has 0 aliphatic carbocycles. The van der Waals surface area contributed by atoms with Crippen molar-refractivity contribution in [2.45, 2.75) is 31.6 Å². The van der Waals surface area contributed by atoms with Gasteiger partial charge >= 0.3 is 6.09 Å². The molecular weight excluding hydrogens is 452 g/mol. The van der Waals surface area contributed by atoms with Crippen LogP contribution in [0.5, 0.6) is 0 Å². The zero-order valence-corrected chi connectivity index (χ0v) is 19.5. The van der Waals surface area contributed by atoms with Gasteiger partial charge in [0.2, 0.25) is 5.91 Å². The monoisotopic (exact) mass is 484 g/mol. The summed E-state index contributed by atoms with van der Waals surface area (Å²) >= 11 is 0. The maximum absolute atomic E-state index is 13.0. The molecule has 1 aromatic heterocycles. The lowest BCUT2D eigenvalue weighted by Crippen LogP contribution is -2.44. The largest absolute Gasteiger partial charge is 0.448 e.